The molecule has 0 spiro atoms. The van der Waals surface area contributed by atoms with Gasteiger partial charge in [0.1, 0.15) is 0 Å². The van der Waals surface area contributed by atoms with Crippen LogP contribution in [0, 0.1) is 5.95 Å². The van der Waals surface area contributed by atoms with Crippen LogP contribution < -0.4 is 0 Å². The molecule has 0 amide bonds. The van der Waals surface area contributed by atoms with Crippen LogP contribution in [0.4, 0.5) is 4.39 Å². The van der Waals surface area contributed by atoms with Crippen LogP contribution in [-0.2, 0) is 11.3 Å². The smallest absolute Gasteiger partial charge is 0.194 e. The molecule has 1 aliphatic rings. The fraction of sp³-hybridized carbons (Fsp3) is 0.467. The Bertz CT molecular complexity index is 546. The van der Waals surface area contributed by atoms with Crippen molar-refractivity contribution >= 4 is 10.9 Å². The molecule has 1 aromatic carbocycles. The van der Waals surface area contributed by atoms with E-state index in [4.69, 9.17) is 4.74 Å². The lowest BCUT2D eigenvalue weighted by atomic mass is 10.2. The first-order chi connectivity index (χ1) is 9.34. The topological polar surface area (TPSA) is 17.4 Å². The van der Waals surface area contributed by atoms with Crippen LogP contribution in [-0.4, -0.2) is 42.3 Å². The summed E-state index contributed by atoms with van der Waals surface area (Å²) in [5, 5.41) is 0.978. The van der Waals surface area contributed by atoms with Gasteiger partial charge in [-0.3, -0.25) is 4.90 Å². The van der Waals surface area contributed by atoms with Gasteiger partial charge in [-0.25, -0.2) is 0 Å². The Morgan fingerprint density at radius 1 is 1.11 bits per heavy atom. The monoisotopic (exact) mass is 262 g/mol. The molecule has 0 unspecified atom stereocenters. The molecule has 0 saturated carbocycles. The van der Waals surface area contributed by atoms with Crippen molar-refractivity contribution in [3.8, 4) is 0 Å². The SMILES string of the molecule is Fc1cc2ccccc2n1CCCN1CCOCC1. The minimum Gasteiger partial charge on any atom is -0.379 e. The van der Waals surface area contributed by atoms with Crippen molar-refractivity contribution in [2.45, 2.75) is 13.0 Å². The highest BCUT2D eigenvalue weighted by atomic mass is 19.1. The number of benzene rings is 1. The van der Waals surface area contributed by atoms with Gasteiger partial charge in [-0.05, 0) is 12.5 Å². The van der Waals surface area contributed by atoms with Crippen molar-refractivity contribution < 1.29 is 9.13 Å². The first kappa shape index (κ1) is 12.6. The van der Waals surface area contributed by atoms with E-state index in [1.165, 1.54) is 0 Å². The second-order valence-corrected chi connectivity index (χ2v) is 4.99. The van der Waals surface area contributed by atoms with Crippen molar-refractivity contribution in [3.63, 3.8) is 0 Å². The van der Waals surface area contributed by atoms with Gasteiger partial charge in [0.25, 0.3) is 0 Å². The van der Waals surface area contributed by atoms with E-state index in [-0.39, 0.29) is 5.95 Å². The third-order valence-corrected chi connectivity index (χ3v) is 3.72. The number of aryl methyl sites for hydroxylation is 1. The summed E-state index contributed by atoms with van der Waals surface area (Å²) >= 11 is 0. The number of ether oxygens (including phenoxy) is 1. The molecule has 0 radical (unpaired) electrons. The molecule has 2 aromatic rings. The van der Waals surface area contributed by atoms with E-state index in [1.807, 2.05) is 24.3 Å². The molecular weight excluding hydrogens is 243 g/mol. The zero-order chi connectivity index (χ0) is 13.1. The van der Waals surface area contributed by atoms with E-state index in [0.29, 0.717) is 0 Å². The minimum absolute atomic E-state index is 0.136. The molecule has 1 aromatic heterocycles. The van der Waals surface area contributed by atoms with Crippen molar-refractivity contribution in [1.82, 2.24) is 9.47 Å². The lowest BCUT2D eigenvalue weighted by molar-refractivity contribution is 0.0369. The Morgan fingerprint density at radius 3 is 2.74 bits per heavy atom. The third-order valence-electron chi connectivity index (χ3n) is 3.72. The van der Waals surface area contributed by atoms with Crippen LogP contribution >= 0.6 is 0 Å². The summed E-state index contributed by atoms with van der Waals surface area (Å²) in [6.45, 7) is 5.37. The maximum Gasteiger partial charge on any atom is 0.194 e. The van der Waals surface area contributed by atoms with Gasteiger partial charge in [-0.2, -0.15) is 4.39 Å². The highest BCUT2D eigenvalue weighted by molar-refractivity contribution is 5.80. The normalized spacial score (nSPS) is 17.1. The Morgan fingerprint density at radius 2 is 1.89 bits per heavy atom. The summed E-state index contributed by atoms with van der Waals surface area (Å²) in [6.07, 6.45) is 0.968. The van der Waals surface area contributed by atoms with E-state index in [2.05, 4.69) is 4.90 Å². The summed E-state index contributed by atoms with van der Waals surface area (Å²) in [5.41, 5.74) is 0.988. The van der Waals surface area contributed by atoms with E-state index < -0.39 is 0 Å². The van der Waals surface area contributed by atoms with Crippen LogP contribution in [0.2, 0.25) is 0 Å². The van der Waals surface area contributed by atoms with Crippen LogP contribution in [0.3, 0.4) is 0 Å². The van der Waals surface area contributed by atoms with Gasteiger partial charge in [0.05, 0.1) is 18.7 Å². The van der Waals surface area contributed by atoms with Crippen LogP contribution in [0.1, 0.15) is 6.42 Å². The number of para-hydroxylation sites is 1. The molecule has 1 fully saturated rings. The highest BCUT2D eigenvalue weighted by Gasteiger charge is 2.11. The number of hydrogen-bond acceptors (Lipinski definition) is 2. The largest absolute Gasteiger partial charge is 0.379 e. The standard InChI is InChI=1S/C15H19FN2O/c16-15-12-13-4-1-2-5-14(13)18(15)7-3-6-17-8-10-19-11-9-17/h1-2,4-5,12H,3,6-11H2. The van der Waals surface area contributed by atoms with E-state index in [1.54, 1.807) is 10.6 Å². The maximum atomic E-state index is 13.9. The van der Waals surface area contributed by atoms with Gasteiger partial charge in [0.15, 0.2) is 5.95 Å². The zero-order valence-corrected chi connectivity index (χ0v) is 11.0. The van der Waals surface area contributed by atoms with Gasteiger partial charge >= 0.3 is 0 Å². The molecule has 0 N–H and O–H groups in total. The molecule has 0 atom stereocenters. The Kier molecular flexibility index (Phi) is 3.80. The third kappa shape index (κ3) is 2.80. The first-order valence-electron chi connectivity index (χ1n) is 6.88. The summed E-state index contributed by atoms with van der Waals surface area (Å²) in [5.74, 6) is -0.136. The lowest BCUT2D eigenvalue weighted by Crippen LogP contribution is -2.37. The number of nitrogens with zero attached hydrogens (tertiary/aromatic N) is 2. The van der Waals surface area contributed by atoms with Crippen LogP contribution in [0.25, 0.3) is 10.9 Å². The first-order valence-corrected chi connectivity index (χ1v) is 6.88. The Hall–Kier alpha value is -1.39. The van der Waals surface area contributed by atoms with Crippen LogP contribution in [0.5, 0.6) is 0 Å². The van der Waals surface area contributed by atoms with Crippen LogP contribution in [0.15, 0.2) is 30.3 Å². The lowest BCUT2D eigenvalue weighted by Gasteiger charge is -2.26. The van der Waals surface area contributed by atoms with E-state index in [9.17, 15) is 4.39 Å². The van der Waals surface area contributed by atoms with Crippen molar-refractivity contribution in [2.24, 2.45) is 0 Å². The van der Waals surface area contributed by atoms with Crippen molar-refractivity contribution in [2.75, 3.05) is 32.8 Å². The van der Waals surface area contributed by atoms with Gasteiger partial charge < -0.3 is 9.30 Å². The molecule has 0 aliphatic carbocycles. The van der Waals surface area contributed by atoms with Gasteiger partial charge in [0.2, 0.25) is 0 Å². The van der Waals surface area contributed by atoms with Gasteiger partial charge in [-0.15, -0.1) is 0 Å². The molecule has 1 aliphatic heterocycles. The average molecular weight is 262 g/mol. The number of rotatable bonds is 4. The predicted molar refractivity (Wildman–Crippen MR) is 73.8 cm³/mol. The summed E-state index contributed by atoms with van der Waals surface area (Å²) < 4.78 is 21.0. The molecule has 3 nitrogen and oxygen atoms in total. The number of fused-ring (bicyclic) bond motifs is 1. The van der Waals surface area contributed by atoms with E-state index >= 15 is 0 Å². The summed E-state index contributed by atoms with van der Waals surface area (Å²) in [6, 6.07) is 9.45. The number of halogens is 1. The molecule has 0 bridgehead atoms. The maximum absolute atomic E-state index is 13.9. The fourth-order valence-corrected chi connectivity index (χ4v) is 2.68. The average Bonchev–Trinajstić information content (AvgIpc) is 2.76. The molecule has 1 saturated heterocycles. The number of hydrogen-bond donors (Lipinski definition) is 0. The zero-order valence-electron chi connectivity index (χ0n) is 11.0. The molecule has 19 heavy (non-hydrogen) atoms. The van der Waals surface area contributed by atoms with Gasteiger partial charge in [0, 0.05) is 37.6 Å². The quantitative estimate of drug-likeness (QED) is 0.842. The summed E-state index contributed by atoms with van der Waals surface area (Å²) in [4.78, 5) is 2.38. The second-order valence-electron chi connectivity index (χ2n) is 4.99. The van der Waals surface area contributed by atoms with Crippen molar-refractivity contribution in [3.05, 3.63) is 36.3 Å². The Balaban J connectivity index is 1.63. The predicted octanol–water partition coefficient (Wildman–Crippen LogP) is 2.50. The summed E-state index contributed by atoms with van der Waals surface area (Å²) in [7, 11) is 0. The Labute approximate surface area is 112 Å². The molecule has 4 heteroatoms. The fourth-order valence-electron chi connectivity index (χ4n) is 2.68. The number of aromatic nitrogens is 1. The highest BCUT2D eigenvalue weighted by Crippen LogP contribution is 2.19. The number of morpholine rings is 1. The molecule has 3 rings (SSSR count). The molecular formula is C15H19FN2O. The van der Waals surface area contributed by atoms with E-state index in [0.717, 1.165) is 56.7 Å². The molecule has 102 valence electrons. The molecule has 2 heterocycles. The minimum atomic E-state index is -0.136. The second kappa shape index (κ2) is 5.72. The van der Waals surface area contributed by atoms with Gasteiger partial charge in [-0.1, -0.05) is 18.2 Å². The van der Waals surface area contributed by atoms with Crippen molar-refractivity contribution in [1.29, 1.82) is 0 Å².